The largest absolute Gasteiger partial charge is 0.250 e. The molecule has 0 radical (unpaired) electrons. The van der Waals surface area contributed by atoms with Crippen molar-refractivity contribution in [3.05, 3.63) is 64.9 Å². The lowest BCUT2D eigenvalue weighted by Gasteiger charge is -2.02. The second-order valence-corrected chi connectivity index (χ2v) is 4.10. The number of rotatable bonds is 2. The van der Waals surface area contributed by atoms with Gasteiger partial charge in [0.05, 0.1) is 5.69 Å². The number of nitrogens with zero attached hydrogens (tertiary/aromatic N) is 1. The Labute approximate surface area is 105 Å². The topological polar surface area (TPSA) is 12.4 Å². The predicted molar refractivity (Wildman–Crippen MR) is 69.7 cm³/mol. The smallest absolute Gasteiger partial charge is 0.150 e. The Morgan fingerprint density at radius 3 is 2.47 bits per heavy atom. The van der Waals surface area contributed by atoms with Crippen LogP contribution in [-0.4, -0.2) is 5.71 Å². The van der Waals surface area contributed by atoms with Crippen molar-refractivity contribution < 1.29 is 4.39 Å². The molecule has 0 aromatic heterocycles. The van der Waals surface area contributed by atoms with Crippen LogP contribution in [0.5, 0.6) is 0 Å². The fourth-order valence-electron chi connectivity index (χ4n) is 1.50. The molecule has 0 atom stereocenters. The number of hydrogen-bond donors (Lipinski definition) is 0. The van der Waals surface area contributed by atoms with Crippen molar-refractivity contribution in [3.8, 4) is 0 Å². The molecule has 0 saturated carbocycles. The van der Waals surface area contributed by atoms with Crippen molar-refractivity contribution in [3.63, 3.8) is 0 Å². The summed E-state index contributed by atoms with van der Waals surface area (Å²) < 4.78 is 13.5. The Morgan fingerprint density at radius 2 is 1.82 bits per heavy atom. The van der Waals surface area contributed by atoms with E-state index in [2.05, 4.69) is 4.99 Å². The maximum atomic E-state index is 13.5. The molecule has 0 bridgehead atoms. The monoisotopic (exact) mass is 247 g/mol. The van der Waals surface area contributed by atoms with Gasteiger partial charge in [0.25, 0.3) is 0 Å². The molecule has 2 aromatic rings. The predicted octanol–water partition coefficient (Wildman–Crippen LogP) is 4.62. The molecule has 0 aliphatic rings. The standard InChI is InChI=1S/C14H11ClFN/c1-10(11-5-3-2-4-6-11)17-14-8-7-12(15)9-13(14)16/h2-9H,1H3. The second kappa shape index (κ2) is 5.11. The van der Waals surface area contributed by atoms with Crippen LogP contribution < -0.4 is 0 Å². The molecule has 17 heavy (non-hydrogen) atoms. The van der Waals surface area contributed by atoms with Crippen LogP contribution in [0, 0.1) is 5.82 Å². The Morgan fingerprint density at radius 1 is 1.12 bits per heavy atom. The Hall–Kier alpha value is -1.67. The molecular formula is C14H11ClFN. The SMILES string of the molecule is CC(=Nc1ccc(Cl)cc1F)c1ccccc1. The van der Waals surface area contributed by atoms with Crippen LogP contribution in [0.4, 0.5) is 10.1 Å². The highest BCUT2D eigenvalue weighted by atomic mass is 35.5. The summed E-state index contributed by atoms with van der Waals surface area (Å²) in [5.74, 6) is -0.409. The summed E-state index contributed by atoms with van der Waals surface area (Å²) in [4.78, 5) is 4.25. The first-order valence-electron chi connectivity index (χ1n) is 5.22. The highest BCUT2D eigenvalue weighted by Gasteiger charge is 2.03. The first-order chi connectivity index (χ1) is 8.16. The quantitative estimate of drug-likeness (QED) is 0.687. The Balaban J connectivity index is 2.36. The molecule has 1 nitrogen and oxygen atoms in total. The first kappa shape index (κ1) is 11.8. The van der Waals surface area contributed by atoms with Gasteiger partial charge in [-0.2, -0.15) is 0 Å². The van der Waals surface area contributed by atoms with E-state index < -0.39 is 5.82 Å². The third kappa shape index (κ3) is 2.92. The van der Waals surface area contributed by atoms with Gasteiger partial charge in [-0.3, -0.25) is 4.99 Å². The minimum atomic E-state index is -0.409. The van der Waals surface area contributed by atoms with Gasteiger partial charge in [0.1, 0.15) is 5.82 Å². The highest BCUT2D eigenvalue weighted by Crippen LogP contribution is 2.22. The third-order valence-electron chi connectivity index (χ3n) is 2.39. The van der Waals surface area contributed by atoms with Crippen LogP contribution >= 0.6 is 11.6 Å². The van der Waals surface area contributed by atoms with E-state index in [4.69, 9.17) is 11.6 Å². The number of halogens is 2. The fraction of sp³-hybridized carbons (Fsp3) is 0.0714. The zero-order chi connectivity index (χ0) is 12.3. The van der Waals surface area contributed by atoms with E-state index in [-0.39, 0.29) is 0 Å². The van der Waals surface area contributed by atoms with Crippen LogP contribution in [0.15, 0.2) is 53.5 Å². The van der Waals surface area contributed by atoms with Gasteiger partial charge in [0, 0.05) is 10.7 Å². The van der Waals surface area contributed by atoms with E-state index in [1.807, 2.05) is 37.3 Å². The van der Waals surface area contributed by atoms with E-state index in [0.717, 1.165) is 11.3 Å². The molecule has 0 spiro atoms. The van der Waals surface area contributed by atoms with Gasteiger partial charge in [-0.15, -0.1) is 0 Å². The highest BCUT2D eigenvalue weighted by molar-refractivity contribution is 6.30. The fourth-order valence-corrected chi connectivity index (χ4v) is 1.66. The van der Waals surface area contributed by atoms with Gasteiger partial charge >= 0.3 is 0 Å². The molecule has 0 aliphatic heterocycles. The zero-order valence-corrected chi connectivity index (χ0v) is 10.1. The number of hydrogen-bond acceptors (Lipinski definition) is 1. The molecule has 0 saturated heterocycles. The average Bonchev–Trinajstić information content (AvgIpc) is 2.34. The van der Waals surface area contributed by atoms with Crippen LogP contribution in [-0.2, 0) is 0 Å². The minimum Gasteiger partial charge on any atom is -0.250 e. The summed E-state index contributed by atoms with van der Waals surface area (Å²) in [6, 6.07) is 14.1. The summed E-state index contributed by atoms with van der Waals surface area (Å²) in [6.07, 6.45) is 0. The molecule has 3 heteroatoms. The third-order valence-corrected chi connectivity index (χ3v) is 2.62. The van der Waals surface area contributed by atoms with Crippen LogP contribution in [0.25, 0.3) is 0 Å². The van der Waals surface area contributed by atoms with Crippen molar-refractivity contribution in [1.82, 2.24) is 0 Å². The first-order valence-corrected chi connectivity index (χ1v) is 5.60. The zero-order valence-electron chi connectivity index (χ0n) is 9.32. The summed E-state index contributed by atoms with van der Waals surface area (Å²) >= 11 is 5.68. The lowest BCUT2D eigenvalue weighted by molar-refractivity contribution is 0.630. The molecule has 0 unspecified atom stereocenters. The second-order valence-electron chi connectivity index (χ2n) is 3.66. The Bertz CT molecular complexity index is 549. The summed E-state index contributed by atoms with van der Waals surface area (Å²) in [6.45, 7) is 1.85. The molecule has 0 fully saturated rings. The molecule has 0 aliphatic carbocycles. The van der Waals surface area contributed by atoms with Crippen LogP contribution in [0.3, 0.4) is 0 Å². The van der Waals surface area contributed by atoms with Crippen molar-refractivity contribution in [1.29, 1.82) is 0 Å². The molecule has 2 aromatic carbocycles. The Kier molecular flexibility index (Phi) is 3.55. The van der Waals surface area contributed by atoms with E-state index in [0.29, 0.717) is 10.7 Å². The van der Waals surface area contributed by atoms with Gasteiger partial charge < -0.3 is 0 Å². The lowest BCUT2D eigenvalue weighted by atomic mass is 10.1. The maximum absolute atomic E-state index is 13.5. The van der Waals surface area contributed by atoms with E-state index in [1.165, 1.54) is 6.07 Å². The van der Waals surface area contributed by atoms with Gasteiger partial charge in [0.15, 0.2) is 0 Å². The summed E-state index contributed by atoms with van der Waals surface area (Å²) in [5.41, 5.74) is 2.05. The van der Waals surface area contributed by atoms with Crippen molar-refractivity contribution >= 4 is 23.0 Å². The van der Waals surface area contributed by atoms with Crippen molar-refractivity contribution in [2.45, 2.75) is 6.92 Å². The maximum Gasteiger partial charge on any atom is 0.150 e. The molecule has 0 amide bonds. The molecule has 2 rings (SSSR count). The average molecular weight is 248 g/mol. The van der Waals surface area contributed by atoms with E-state index >= 15 is 0 Å². The van der Waals surface area contributed by atoms with Crippen molar-refractivity contribution in [2.75, 3.05) is 0 Å². The normalized spacial score (nSPS) is 11.6. The summed E-state index contributed by atoms with van der Waals surface area (Å²) in [7, 11) is 0. The van der Waals surface area contributed by atoms with Crippen LogP contribution in [0.1, 0.15) is 12.5 Å². The van der Waals surface area contributed by atoms with Crippen molar-refractivity contribution in [2.24, 2.45) is 4.99 Å². The number of benzene rings is 2. The molecular weight excluding hydrogens is 237 g/mol. The van der Waals surface area contributed by atoms with E-state index in [9.17, 15) is 4.39 Å². The summed E-state index contributed by atoms with van der Waals surface area (Å²) in [5, 5.41) is 0.374. The lowest BCUT2D eigenvalue weighted by Crippen LogP contribution is -1.93. The van der Waals surface area contributed by atoms with Gasteiger partial charge in [-0.25, -0.2) is 4.39 Å². The van der Waals surface area contributed by atoms with Gasteiger partial charge in [-0.1, -0.05) is 41.9 Å². The van der Waals surface area contributed by atoms with Gasteiger partial charge in [0.2, 0.25) is 0 Å². The van der Waals surface area contributed by atoms with Gasteiger partial charge in [-0.05, 0) is 30.7 Å². The molecule has 0 N–H and O–H groups in total. The molecule has 0 heterocycles. The van der Waals surface area contributed by atoms with Crippen LogP contribution in [0.2, 0.25) is 5.02 Å². The molecule has 86 valence electrons. The van der Waals surface area contributed by atoms with E-state index in [1.54, 1.807) is 12.1 Å². The number of aliphatic imine (C=N–C) groups is 1. The minimum absolute atomic E-state index is 0.302.